The molecule has 0 unspecified atom stereocenters. The Bertz CT molecular complexity index is 1040. The topological polar surface area (TPSA) is 67.9 Å². The first-order valence-corrected chi connectivity index (χ1v) is 10.5. The number of amides is 2. The summed E-state index contributed by atoms with van der Waals surface area (Å²) < 4.78 is 38.3. The summed E-state index contributed by atoms with van der Waals surface area (Å²) in [5, 5.41) is 2.76. The van der Waals surface area contributed by atoms with E-state index in [0.29, 0.717) is 16.8 Å². The molecule has 2 amide bonds. The summed E-state index contributed by atoms with van der Waals surface area (Å²) in [6.45, 7) is 5.84. The standard InChI is InChI=1S/C23H25ClF2N2O4/c1-13-5-6-14-11-17(27-22(30)32-23(2,3)4)21(29)28(10-9-25)19(14)20(13)31-18-12-15(26)7-8-16(18)24/h5-8,12,17H,9-11H2,1-4H3,(H,27,30)/t17-/m1/s1. The van der Waals surface area contributed by atoms with E-state index in [1.165, 1.54) is 17.0 Å². The second kappa shape index (κ2) is 9.32. The molecule has 9 heteroatoms. The first-order valence-electron chi connectivity index (χ1n) is 10.1. The van der Waals surface area contributed by atoms with Gasteiger partial charge in [0, 0.05) is 12.5 Å². The zero-order valence-electron chi connectivity index (χ0n) is 18.3. The van der Waals surface area contributed by atoms with Gasteiger partial charge < -0.3 is 19.7 Å². The number of rotatable bonds is 5. The first kappa shape index (κ1) is 23.8. The number of carbonyl (C=O) groups excluding carboxylic acids is 2. The zero-order chi connectivity index (χ0) is 23.6. The van der Waals surface area contributed by atoms with Gasteiger partial charge in [-0.25, -0.2) is 13.6 Å². The van der Waals surface area contributed by atoms with Crippen LogP contribution in [0.2, 0.25) is 5.02 Å². The van der Waals surface area contributed by atoms with E-state index in [9.17, 15) is 18.4 Å². The Balaban J connectivity index is 1.99. The highest BCUT2D eigenvalue weighted by molar-refractivity contribution is 6.32. The number of anilines is 1. The van der Waals surface area contributed by atoms with Crippen molar-refractivity contribution in [2.45, 2.75) is 45.8 Å². The van der Waals surface area contributed by atoms with Crippen molar-refractivity contribution in [2.24, 2.45) is 0 Å². The summed E-state index contributed by atoms with van der Waals surface area (Å²) in [5.41, 5.74) is 0.947. The van der Waals surface area contributed by atoms with Crippen molar-refractivity contribution in [1.29, 1.82) is 0 Å². The summed E-state index contributed by atoms with van der Waals surface area (Å²) in [6.07, 6.45) is -0.585. The molecule has 0 bridgehead atoms. The fourth-order valence-corrected chi connectivity index (χ4v) is 3.60. The van der Waals surface area contributed by atoms with Gasteiger partial charge in [0.1, 0.15) is 29.9 Å². The predicted molar refractivity (Wildman–Crippen MR) is 118 cm³/mol. The van der Waals surface area contributed by atoms with Gasteiger partial charge in [-0.2, -0.15) is 0 Å². The first-order chi connectivity index (χ1) is 15.0. The quantitative estimate of drug-likeness (QED) is 0.646. The third kappa shape index (κ3) is 5.30. The maximum absolute atomic E-state index is 13.7. The summed E-state index contributed by atoms with van der Waals surface area (Å²) in [7, 11) is 0. The number of aryl methyl sites for hydroxylation is 1. The fraction of sp³-hybridized carbons (Fsp3) is 0.391. The van der Waals surface area contributed by atoms with Crippen molar-refractivity contribution in [3.05, 3.63) is 52.3 Å². The van der Waals surface area contributed by atoms with Gasteiger partial charge in [0.05, 0.1) is 17.3 Å². The van der Waals surface area contributed by atoms with Crippen molar-refractivity contribution in [2.75, 3.05) is 18.1 Å². The second-order valence-electron chi connectivity index (χ2n) is 8.48. The minimum atomic E-state index is -0.933. The molecule has 1 aliphatic heterocycles. The van der Waals surface area contributed by atoms with E-state index in [4.69, 9.17) is 21.1 Å². The number of halogens is 3. The lowest BCUT2D eigenvalue weighted by Gasteiger charge is -2.35. The number of nitrogens with one attached hydrogen (secondary N) is 1. The van der Waals surface area contributed by atoms with Gasteiger partial charge in [0.25, 0.3) is 0 Å². The van der Waals surface area contributed by atoms with Gasteiger partial charge in [0.2, 0.25) is 5.91 Å². The van der Waals surface area contributed by atoms with Crippen LogP contribution in [0.1, 0.15) is 31.9 Å². The van der Waals surface area contributed by atoms with E-state index in [1.54, 1.807) is 39.8 Å². The minimum absolute atomic E-state index is 0.0739. The molecule has 32 heavy (non-hydrogen) atoms. The minimum Gasteiger partial charge on any atom is -0.453 e. The van der Waals surface area contributed by atoms with Crippen molar-refractivity contribution < 1.29 is 27.8 Å². The van der Waals surface area contributed by atoms with E-state index in [2.05, 4.69) is 5.32 Å². The van der Waals surface area contributed by atoms with E-state index in [1.807, 2.05) is 0 Å². The Morgan fingerprint density at radius 3 is 2.66 bits per heavy atom. The van der Waals surface area contributed by atoms with Gasteiger partial charge >= 0.3 is 6.09 Å². The van der Waals surface area contributed by atoms with Gasteiger partial charge in [-0.15, -0.1) is 0 Å². The number of ether oxygens (including phenoxy) is 2. The highest BCUT2D eigenvalue weighted by Crippen LogP contribution is 2.43. The van der Waals surface area contributed by atoms with E-state index in [-0.39, 0.29) is 29.5 Å². The highest BCUT2D eigenvalue weighted by atomic mass is 35.5. The lowest BCUT2D eigenvalue weighted by molar-refractivity contribution is -0.121. The van der Waals surface area contributed by atoms with Crippen LogP contribution >= 0.6 is 11.6 Å². The normalized spacial score (nSPS) is 15.9. The molecule has 1 N–H and O–H groups in total. The van der Waals surface area contributed by atoms with Crippen molar-refractivity contribution >= 4 is 29.3 Å². The highest BCUT2D eigenvalue weighted by Gasteiger charge is 2.37. The molecule has 2 aromatic carbocycles. The molecule has 0 aliphatic carbocycles. The van der Waals surface area contributed by atoms with Crippen LogP contribution in [-0.2, 0) is 16.0 Å². The molecule has 1 heterocycles. The van der Waals surface area contributed by atoms with Crippen LogP contribution in [0.4, 0.5) is 19.3 Å². The van der Waals surface area contributed by atoms with Gasteiger partial charge in [0.15, 0.2) is 5.75 Å². The molecule has 0 saturated heterocycles. The van der Waals surface area contributed by atoms with Crippen molar-refractivity contribution in [3.8, 4) is 11.5 Å². The number of benzene rings is 2. The Kier molecular flexibility index (Phi) is 6.93. The van der Waals surface area contributed by atoms with Crippen LogP contribution in [0.15, 0.2) is 30.3 Å². The average molecular weight is 467 g/mol. The van der Waals surface area contributed by atoms with Crippen LogP contribution < -0.4 is 15.0 Å². The van der Waals surface area contributed by atoms with E-state index in [0.717, 1.165) is 6.07 Å². The third-order valence-corrected chi connectivity index (χ3v) is 5.09. The maximum Gasteiger partial charge on any atom is 0.408 e. The lowest BCUT2D eigenvalue weighted by atomic mass is 9.94. The molecule has 0 aromatic heterocycles. The molecule has 0 saturated carbocycles. The second-order valence-corrected chi connectivity index (χ2v) is 8.89. The van der Waals surface area contributed by atoms with Crippen LogP contribution in [0, 0.1) is 12.7 Å². The Morgan fingerprint density at radius 2 is 2.00 bits per heavy atom. The van der Waals surface area contributed by atoms with E-state index < -0.39 is 36.1 Å². The largest absolute Gasteiger partial charge is 0.453 e. The molecular weight excluding hydrogens is 442 g/mol. The Hall–Kier alpha value is -2.87. The molecule has 0 fully saturated rings. The van der Waals surface area contributed by atoms with Gasteiger partial charge in [-0.3, -0.25) is 4.79 Å². The smallest absolute Gasteiger partial charge is 0.408 e. The Morgan fingerprint density at radius 1 is 1.28 bits per heavy atom. The molecule has 1 aliphatic rings. The number of alkyl halides is 1. The maximum atomic E-state index is 13.7. The molecule has 6 nitrogen and oxygen atoms in total. The molecule has 172 valence electrons. The summed E-state index contributed by atoms with van der Waals surface area (Å²) in [5.74, 6) is -0.690. The van der Waals surface area contributed by atoms with Crippen LogP contribution in [0.25, 0.3) is 0 Å². The number of nitrogens with zero attached hydrogens (tertiary/aromatic N) is 1. The van der Waals surface area contributed by atoms with Crippen molar-refractivity contribution in [3.63, 3.8) is 0 Å². The summed E-state index contributed by atoms with van der Waals surface area (Å²) >= 11 is 6.15. The SMILES string of the molecule is Cc1ccc2c(c1Oc1cc(F)ccc1Cl)N(CCF)C(=O)[C@H](NC(=O)OC(C)(C)C)C2. The molecular formula is C23H25ClF2N2O4. The summed E-state index contributed by atoms with van der Waals surface area (Å²) in [6, 6.07) is 6.33. The number of fused-ring (bicyclic) bond motifs is 1. The number of alkyl carbamates (subject to hydrolysis) is 1. The molecule has 0 radical (unpaired) electrons. The zero-order valence-corrected chi connectivity index (χ0v) is 19.1. The molecule has 2 aromatic rings. The number of hydrogen-bond donors (Lipinski definition) is 1. The third-order valence-electron chi connectivity index (χ3n) is 4.77. The van der Waals surface area contributed by atoms with E-state index >= 15 is 0 Å². The molecule has 1 atom stereocenters. The van der Waals surface area contributed by atoms with Crippen LogP contribution in [-0.4, -0.2) is 36.9 Å². The monoisotopic (exact) mass is 466 g/mol. The average Bonchev–Trinajstić information content (AvgIpc) is 2.68. The van der Waals surface area contributed by atoms with Crippen LogP contribution in [0.3, 0.4) is 0 Å². The molecule has 0 spiro atoms. The van der Waals surface area contributed by atoms with Gasteiger partial charge in [-0.1, -0.05) is 23.7 Å². The fourth-order valence-electron chi connectivity index (χ4n) is 3.44. The lowest BCUT2D eigenvalue weighted by Crippen LogP contribution is -2.54. The van der Waals surface area contributed by atoms with Crippen molar-refractivity contribution in [1.82, 2.24) is 5.32 Å². The predicted octanol–water partition coefficient (Wildman–Crippen LogP) is 5.33. The number of hydrogen-bond acceptors (Lipinski definition) is 4. The summed E-state index contributed by atoms with van der Waals surface area (Å²) in [4.78, 5) is 26.6. The van der Waals surface area contributed by atoms with Crippen LogP contribution in [0.5, 0.6) is 11.5 Å². The Labute approximate surface area is 190 Å². The molecule has 3 rings (SSSR count). The number of carbonyl (C=O) groups is 2. The van der Waals surface area contributed by atoms with Gasteiger partial charge in [-0.05, 0) is 51.0 Å².